The van der Waals surface area contributed by atoms with Gasteiger partial charge in [0, 0.05) is 26.2 Å². The van der Waals surface area contributed by atoms with Gasteiger partial charge in [-0.1, -0.05) is 43.7 Å². The Balaban J connectivity index is 1.53. The van der Waals surface area contributed by atoms with Crippen molar-refractivity contribution in [3.63, 3.8) is 0 Å². The molecule has 0 N–H and O–H groups in total. The van der Waals surface area contributed by atoms with E-state index in [1.165, 1.54) is 5.56 Å². The van der Waals surface area contributed by atoms with Gasteiger partial charge in [-0.15, -0.1) is 0 Å². The number of carbonyl (C=O) groups is 1. The molecule has 0 spiro atoms. The highest BCUT2D eigenvalue weighted by molar-refractivity contribution is 5.95. The number of amides is 1. The Morgan fingerprint density at radius 1 is 1.00 bits per heavy atom. The lowest BCUT2D eigenvalue weighted by Gasteiger charge is -2.36. The van der Waals surface area contributed by atoms with Crippen LogP contribution in [0, 0.1) is 6.92 Å². The molecule has 1 fully saturated rings. The fourth-order valence-corrected chi connectivity index (χ4v) is 4.18. The van der Waals surface area contributed by atoms with Gasteiger partial charge in [-0.25, -0.2) is 4.68 Å². The second-order valence-electron chi connectivity index (χ2n) is 8.30. The van der Waals surface area contributed by atoms with Gasteiger partial charge in [0.1, 0.15) is 5.75 Å². The number of rotatable bonds is 5. The zero-order valence-electron chi connectivity index (χ0n) is 18.7. The molecule has 2 heterocycles. The van der Waals surface area contributed by atoms with E-state index in [2.05, 4.69) is 61.1 Å². The third kappa shape index (κ3) is 4.15. The Hall–Kier alpha value is -3.28. The molecular formula is C25H30N4O2. The third-order valence-electron chi connectivity index (χ3n) is 5.86. The number of ether oxygens (including phenoxy) is 1. The first-order valence-electron chi connectivity index (χ1n) is 10.8. The molecule has 4 rings (SSSR count). The van der Waals surface area contributed by atoms with E-state index < -0.39 is 0 Å². The zero-order valence-corrected chi connectivity index (χ0v) is 18.7. The summed E-state index contributed by atoms with van der Waals surface area (Å²) < 4.78 is 7.41. The lowest BCUT2D eigenvalue weighted by molar-refractivity contribution is 0.0745. The van der Waals surface area contributed by atoms with Crippen LogP contribution >= 0.6 is 0 Å². The van der Waals surface area contributed by atoms with Crippen LogP contribution in [0.25, 0.3) is 5.69 Å². The Kier molecular flexibility index (Phi) is 5.98. The number of carbonyl (C=O) groups excluding carboxylic acids is 1. The topological polar surface area (TPSA) is 50.6 Å². The minimum atomic E-state index is 0.0572. The predicted octanol–water partition coefficient (Wildman–Crippen LogP) is 4.28. The minimum Gasteiger partial charge on any atom is -0.495 e. The first-order chi connectivity index (χ1) is 15.0. The molecule has 0 aliphatic carbocycles. The van der Waals surface area contributed by atoms with Gasteiger partial charge in [-0.3, -0.25) is 4.79 Å². The van der Waals surface area contributed by atoms with Crippen LogP contribution in [0.3, 0.4) is 0 Å². The number of aryl methyl sites for hydroxylation is 1. The maximum atomic E-state index is 13.4. The van der Waals surface area contributed by atoms with E-state index in [-0.39, 0.29) is 11.8 Å². The molecule has 1 amide bonds. The molecule has 6 heteroatoms. The van der Waals surface area contributed by atoms with Crippen molar-refractivity contribution in [1.29, 1.82) is 0 Å². The average Bonchev–Trinajstić information content (AvgIpc) is 3.24. The van der Waals surface area contributed by atoms with Gasteiger partial charge in [0.25, 0.3) is 5.91 Å². The minimum absolute atomic E-state index is 0.0572. The number of para-hydroxylation sites is 2. The molecular weight excluding hydrogens is 388 g/mol. The van der Waals surface area contributed by atoms with Crippen LogP contribution in [0.4, 0.5) is 5.69 Å². The predicted molar refractivity (Wildman–Crippen MR) is 124 cm³/mol. The van der Waals surface area contributed by atoms with E-state index in [1.54, 1.807) is 13.3 Å². The van der Waals surface area contributed by atoms with Crippen LogP contribution in [-0.2, 0) is 0 Å². The van der Waals surface area contributed by atoms with Gasteiger partial charge in [-0.2, -0.15) is 5.10 Å². The molecule has 31 heavy (non-hydrogen) atoms. The highest BCUT2D eigenvalue weighted by Gasteiger charge is 2.28. The summed E-state index contributed by atoms with van der Waals surface area (Å²) in [4.78, 5) is 17.6. The Morgan fingerprint density at radius 2 is 1.68 bits per heavy atom. The van der Waals surface area contributed by atoms with Gasteiger partial charge >= 0.3 is 0 Å². The van der Waals surface area contributed by atoms with E-state index in [0.717, 1.165) is 35.9 Å². The summed E-state index contributed by atoms with van der Waals surface area (Å²) >= 11 is 0. The van der Waals surface area contributed by atoms with Crippen molar-refractivity contribution in [1.82, 2.24) is 14.7 Å². The third-order valence-corrected chi connectivity index (χ3v) is 5.86. The summed E-state index contributed by atoms with van der Waals surface area (Å²) in [6.45, 7) is 9.17. The summed E-state index contributed by atoms with van der Waals surface area (Å²) in [7, 11) is 1.69. The van der Waals surface area contributed by atoms with Gasteiger partial charge in [0.05, 0.1) is 35.9 Å². The zero-order chi connectivity index (χ0) is 22.0. The molecule has 1 saturated heterocycles. The Labute approximate surface area is 184 Å². The van der Waals surface area contributed by atoms with Crippen LogP contribution in [-0.4, -0.2) is 53.9 Å². The van der Waals surface area contributed by atoms with Crippen molar-refractivity contribution in [2.24, 2.45) is 0 Å². The molecule has 2 aromatic carbocycles. The van der Waals surface area contributed by atoms with Gasteiger partial charge < -0.3 is 14.5 Å². The second-order valence-corrected chi connectivity index (χ2v) is 8.30. The first kappa shape index (κ1) is 21.0. The molecule has 0 bridgehead atoms. The highest BCUT2D eigenvalue weighted by atomic mass is 16.5. The molecule has 1 aromatic heterocycles. The van der Waals surface area contributed by atoms with E-state index in [1.807, 2.05) is 27.8 Å². The van der Waals surface area contributed by atoms with Gasteiger partial charge in [0.15, 0.2) is 0 Å². The average molecular weight is 419 g/mol. The van der Waals surface area contributed by atoms with Crippen molar-refractivity contribution in [3.05, 3.63) is 71.5 Å². The number of anilines is 1. The second kappa shape index (κ2) is 8.84. The smallest absolute Gasteiger partial charge is 0.257 e. The fraction of sp³-hybridized carbons (Fsp3) is 0.360. The Bertz CT molecular complexity index is 1050. The van der Waals surface area contributed by atoms with Crippen molar-refractivity contribution in [2.45, 2.75) is 26.7 Å². The molecule has 0 unspecified atom stereocenters. The lowest BCUT2D eigenvalue weighted by atomic mass is 10.0. The number of hydrogen-bond donors (Lipinski definition) is 0. The lowest BCUT2D eigenvalue weighted by Crippen LogP contribution is -2.49. The molecule has 3 aromatic rings. The molecule has 1 aliphatic heterocycles. The highest BCUT2D eigenvalue weighted by Crippen LogP contribution is 2.29. The number of methoxy groups -OCH3 is 1. The maximum Gasteiger partial charge on any atom is 0.257 e. The van der Waals surface area contributed by atoms with E-state index in [0.29, 0.717) is 18.7 Å². The van der Waals surface area contributed by atoms with Crippen LogP contribution in [0.5, 0.6) is 5.75 Å². The van der Waals surface area contributed by atoms with Crippen LogP contribution in [0.2, 0.25) is 0 Å². The summed E-state index contributed by atoms with van der Waals surface area (Å²) in [5.74, 6) is 1.10. The largest absolute Gasteiger partial charge is 0.495 e. The number of aromatic nitrogens is 2. The number of benzene rings is 2. The molecule has 0 atom stereocenters. The molecule has 1 aliphatic rings. The van der Waals surface area contributed by atoms with Crippen molar-refractivity contribution >= 4 is 11.6 Å². The summed E-state index contributed by atoms with van der Waals surface area (Å²) in [6, 6.07) is 16.3. The fourth-order valence-electron chi connectivity index (χ4n) is 4.18. The maximum absolute atomic E-state index is 13.4. The monoisotopic (exact) mass is 418 g/mol. The summed E-state index contributed by atoms with van der Waals surface area (Å²) in [5, 5.41) is 4.58. The van der Waals surface area contributed by atoms with Crippen LogP contribution in [0.1, 0.15) is 41.4 Å². The number of nitrogens with zero attached hydrogens (tertiary/aromatic N) is 4. The SMILES string of the molecule is COc1ccccc1N1CCN(C(=O)c2cnn(-c3ccc(C)cc3)c2C(C)C)CC1. The normalized spacial score (nSPS) is 14.2. The van der Waals surface area contributed by atoms with Crippen LogP contribution < -0.4 is 9.64 Å². The molecule has 0 saturated carbocycles. The van der Waals surface area contributed by atoms with Gasteiger partial charge in [-0.05, 0) is 37.1 Å². The van der Waals surface area contributed by atoms with E-state index >= 15 is 0 Å². The van der Waals surface area contributed by atoms with Crippen molar-refractivity contribution in [2.75, 3.05) is 38.2 Å². The van der Waals surface area contributed by atoms with Crippen molar-refractivity contribution in [3.8, 4) is 11.4 Å². The number of piperazine rings is 1. The molecule has 162 valence electrons. The van der Waals surface area contributed by atoms with E-state index in [4.69, 9.17) is 4.74 Å². The molecule has 6 nitrogen and oxygen atoms in total. The Morgan fingerprint density at radius 3 is 2.32 bits per heavy atom. The summed E-state index contributed by atoms with van der Waals surface area (Å²) in [5.41, 5.74) is 4.91. The molecule has 0 radical (unpaired) electrons. The standard InChI is InChI=1S/C25H30N4O2/c1-18(2)24-21(17-26-29(24)20-11-9-19(3)10-12-20)25(30)28-15-13-27(14-16-28)22-7-5-6-8-23(22)31-4/h5-12,17-18H,13-16H2,1-4H3. The van der Waals surface area contributed by atoms with E-state index in [9.17, 15) is 4.79 Å². The summed E-state index contributed by atoms with van der Waals surface area (Å²) in [6.07, 6.45) is 1.73. The number of hydrogen-bond acceptors (Lipinski definition) is 4. The first-order valence-corrected chi connectivity index (χ1v) is 10.8. The van der Waals surface area contributed by atoms with Crippen molar-refractivity contribution < 1.29 is 9.53 Å². The van der Waals surface area contributed by atoms with Gasteiger partial charge in [0.2, 0.25) is 0 Å². The quantitative estimate of drug-likeness (QED) is 0.621. The van der Waals surface area contributed by atoms with Crippen LogP contribution in [0.15, 0.2) is 54.7 Å².